The van der Waals surface area contributed by atoms with Gasteiger partial charge in [-0.2, -0.15) is 0 Å². The monoisotopic (exact) mass is 264 g/mol. The van der Waals surface area contributed by atoms with E-state index in [0.717, 1.165) is 30.0 Å². The van der Waals surface area contributed by atoms with Crippen LogP contribution in [0.2, 0.25) is 0 Å². The Balaban J connectivity index is 2.06. The molecule has 104 valence electrons. The summed E-state index contributed by atoms with van der Waals surface area (Å²) in [5, 5.41) is 8.85. The fourth-order valence-corrected chi connectivity index (χ4v) is 2.08. The van der Waals surface area contributed by atoms with Crippen molar-refractivity contribution in [3.63, 3.8) is 0 Å². The number of nitrogens with zero attached hydrogens (tertiary/aromatic N) is 2. The average molecular weight is 264 g/mol. The molecule has 1 N–H and O–H groups in total. The van der Waals surface area contributed by atoms with E-state index in [1.54, 1.807) is 11.9 Å². The van der Waals surface area contributed by atoms with Crippen LogP contribution in [0, 0.1) is 0 Å². The zero-order chi connectivity index (χ0) is 13.8. The van der Waals surface area contributed by atoms with Crippen LogP contribution in [0.25, 0.3) is 0 Å². The normalized spacial score (nSPS) is 14.5. The highest BCUT2D eigenvalue weighted by Crippen LogP contribution is 2.32. The minimum absolute atomic E-state index is 0.0259. The van der Waals surface area contributed by atoms with E-state index < -0.39 is 0 Å². The molecule has 0 bridgehead atoms. The van der Waals surface area contributed by atoms with Crippen LogP contribution in [0.3, 0.4) is 0 Å². The summed E-state index contributed by atoms with van der Waals surface area (Å²) in [6.45, 7) is 1.83. The summed E-state index contributed by atoms with van der Waals surface area (Å²) in [4.78, 5) is 15.3. The van der Waals surface area contributed by atoms with E-state index in [2.05, 4.69) is 4.90 Å². The smallest absolute Gasteiger partial charge is 0.264 e. The highest BCUT2D eigenvalue weighted by molar-refractivity contribution is 5.97. The summed E-state index contributed by atoms with van der Waals surface area (Å²) in [6.07, 6.45) is 0.881. The van der Waals surface area contributed by atoms with Crippen LogP contribution in [0.15, 0.2) is 18.2 Å². The van der Waals surface area contributed by atoms with Crippen molar-refractivity contribution in [2.45, 2.75) is 6.42 Å². The van der Waals surface area contributed by atoms with Gasteiger partial charge >= 0.3 is 0 Å². The third-order valence-corrected chi connectivity index (χ3v) is 3.37. The van der Waals surface area contributed by atoms with Crippen LogP contribution in [0.4, 0.5) is 5.69 Å². The first-order valence-electron chi connectivity index (χ1n) is 6.43. The van der Waals surface area contributed by atoms with E-state index in [4.69, 9.17) is 9.84 Å². The molecule has 0 aliphatic carbocycles. The van der Waals surface area contributed by atoms with Gasteiger partial charge in [-0.25, -0.2) is 0 Å². The third kappa shape index (κ3) is 3.24. The quantitative estimate of drug-likeness (QED) is 0.842. The number of aliphatic hydroxyl groups is 1. The number of carbonyl (C=O) groups excluding carboxylic acids is 1. The van der Waals surface area contributed by atoms with Crippen LogP contribution in [0.1, 0.15) is 5.56 Å². The second-order valence-corrected chi connectivity index (χ2v) is 4.82. The van der Waals surface area contributed by atoms with E-state index in [1.165, 1.54) is 0 Å². The molecule has 0 spiro atoms. The summed E-state index contributed by atoms with van der Waals surface area (Å²) in [7, 11) is 3.75. The SMILES string of the molecule is CN(CCO)CCc1ccc2c(c1)N(C)C(=O)CO2. The summed E-state index contributed by atoms with van der Waals surface area (Å²) < 4.78 is 5.39. The highest BCUT2D eigenvalue weighted by atomic mass is 16.5. The first kappa shape index (κ1) is 13.8. The van der Waals surface area contributed by atoms with E-state index in [9.17, 15) is 4.79 Å². The number of rotatable bonds is 5. The second-order valence-electron chi connectivity index (χ2n) is 4.82. The molecular weight excluding hydrogens is 244 g/mol. The molecule has 1 aliphatic rings. The zero-order valence-corrected chi connectivity index (χ0v) is 11.4. The Bertz CT molecular complexity index is 462. The number of amides is 1. The predicted molar refractivity (Wildman–Crippen MR) is 73.6 cm³/mol. The summed E-state index contributed by atoms with van der Waals surface area (Å²) in [5.41, 5.74) is 1.99. The Kier molecular flexibility index (Phi) is 4.39. The maximum absolute atomic E-state index is 11.6. The van der Waals surface area contributed by atoms with Gasteiger partial charge in [0.25, 0.3) is 5.91 Å². The molecule has 0 atom stereocenters. The summed E-state index contributed by atoms with van der Waals surface area (Å²) in [6, 6.07) is 5.94. The number of fused-ring (bicyclic) bond motifs is 1. The maximum Gasteiger partial charge on any atom is 0.264 e. The highest BCUT2D eigenvalue weighted by Gasteiger charge is 2.22. The second kappa shape index (κ2) is 6.04. The molecule has 0 unspecified atom stereocenters. The van der Waals surface area contributed by atoms with E-state index in [-0.39, 0.29) is 19.1 Å². The van der Waals surface area contributed by atoms with E-state index >= 15 is 0 Å². The molecule has 1 heterocycles. The molecular formula is C14H20N2O3. The number of ether oxygens (including phenoxy) is 1. The van der Waals surface area contributed by atoms with Crippen molar-refractivity contribution >= 4 is 11.6 Å². The Morgan fingerprint density at radius 2 is 2.21 bits per heavy atom. The molecule has 1 aromatic carbocycles. The first-order valence-corrected chi connectivity index (χ1v) is 6.43. The van der Waals surface area contributed by atoms with Crippen molar-refractivity contribution in [3.05, 3.63) is 23.8 Å². The lowest BCUT2D eigenvalue weighted by Gasteiger charge is -2.26. The Labute approximate surface area is 113 Å². The number of hydrogen-bond acceptors (Lipinski definition) is 4. The lowest BCUT2D eigenvalue weighted by Crippen LogP contribution is -2.35. The van der Waals surface area contributed by atoms with E-state index in [0.29, 0.717) is 6.54 Å². The molecule has 19 heavy (non-hydrogen) atoms. The minimum Gasteiger partial charge on any atom is -0.482 e. The molecule has 0 radical (unpaired) electrons. The molecule has 1 aromatic rings. The number of likely N-dealkylation sites (N-methyl/N-ethyl adjacent to an activating group) is 2. The van der Waals surface area contributed by atoms with Crippen molar-refractivity contribution < 1.29 is 14.6 Å². The summed E-state index contributed by atoms with van der Waals surface area (Å²) in [5.74, 6) is 0.733. The number of carbonyl (C=O) groups is 1. The molecule has 5 heteroatoms. The van der Waals surface area contributed by atoms with Gasteiger partial charge in [0.05, 0.1) is 12.3 Å². The van der Waals surface area contributed by atoms with Gasteiger partial charge in [0.2, 0.25) is 0 Å². The zero-order valence-electron chi connectivity index (χ0n) is 11.4. The van der Waals surface area contributed by atoms with Gasteiger partial charge in [0.1, 0.15) is 5.75 Å². The standard InChI is InChI=1S/C14H20N2O3/c1-15(7-8-17)6-5-11-3-4-13-12(9-11)16(2)14(18)10-19-13/h3-4,9,17H,5-8,10H2,1-2H3. The van der Waals surface area contributed by atoms with Gasteiger partial charge in [-0.15, -0.1) is 0 Å². The van der Waals surface area contributed by atoms with Crippen molar-refractivity contribution in [1.82, 2.24) is 4.90 Å². The van der Waals surface area contributed by atoms with Crippen LogP contribution in [-0.2, 0) is 11.2 Å². The fraction of sp³-hybridized carbons (Fsp3) is 0.500. The van der Waals surface area contributed by atoms with Crippen LogP contribution < -0.4 is 9.64 Å². The van der Waals surface area contributed by atoms with Gasteiger partial charge in [-0.3, -0.25) is 4.79 Å². The van der Waals surface area contributed by atoms with Crippen LogP contribution in [-0.4, -0.2) is 56.3 Å². The Hall–Kier alpha value is -1.59. The first-order chi connectivity index (χ1) is 9.11. The van der Waals surface area contributed by atoms with Gasteiger partial charge < -0.3 is 19.6 Å². The van der Waals surface area contributed by atoms with Gasteiger partial charge in [0.15, 0.2) is 6.61 Å². The van der Waals surface area contributed by atoms with Crippen molar-refractivity contribution in [3.8, 4) is 5.75 Å². The Morgan fingerprint density at radius 1 is 1.42 bits per heavy atom. The molecule has 0 saturated heterocycles. The average Bonchev–Trinajstić information content (AvgIpc) is 2.41. The van der Waals surface area contributed by atoms with Crippen molar-refractivity contribution in [2.24, 2.45) is 0 Å². The van der Waals surface area contributed by atoms with Crippen LogP contribution >= 0.6 is 0 Å². The minimum atomic E-state index is -0.0259. The van der Waals surface area contributed by atoms with Gasteiger partial charge in [-0.1, -0.05) is 6.07 Å². The van der Waals surface area contributed by atoms with E-state index in [1.807, 2.05) is 25.2 Å². The fourth-order valence-electron chi connectivity index (χ4n) is 2.08. The molecule has 0 fully saturated rings. The number of benzene rings is 1. The lowest BCUT2D eigenvalue weighted by atomic mass is 10.1. The summed E-state index contributed by atoms with van der Waals surface area (Å²) >= 11 is 0. The predicted octanol–water partition coefficient (Wildman–Crippen LogP) is 0.508. The van der Waals surface area contributed by atoms with Crippen molar-refractivity contribution in [1.29, 1.82) is 0 Å². The van der Waals surface area contributed by atoms with Crippen molar-refractivity contribution in [2.75, 3.05) is 45.3 Å². The molecule has 5 nitrogen and oxygen atoms in total. The number of aliphatic hydroxyl groups excluding tert-OH is 1. The Morgan fingerprint density at radius 3 is 2.95 bits per heavy atom. The molecule has 0 saturated carbocycles. The van der Waals surface area contributed by atoms with Crippen LogP contribution in [0.5, 0.6) is 5.75 Å². The maximum atomic E-state index is 11.6. The van der Waals surface area contributed by atoms with Gasteiger partial charge in [-0.05, 0) is 31.2 Å². The third-order valence-electron chi connectivity index (χ3n) is 3.37. The lowest BCUT2D eigenvalue weighted by molar-refractivity contribution is -0.120. The molecule has 1 amide bonds. The largest absolute Gasteiger partial charge is 0.482 e. The molecule has 1 aliphatic heterocycles. The number of hydrogen-bond donors (Lipinski definition) is 1. The molecule has 2 rings (SSSR count). The molecule has 0 aromatic heterocycles. The number of anilines is 1. The van der Waals surface area contributed by atoms with Gasteiger partial charge in [0, 0.05) is 20.1 Å². The topological polar surface area (TPSA) is 53.0 Å².